The number of piperidine rings is 1. The first-order valence-electron chi connectivity index (χ1n) is 5.95. The Kier molecular flexibility index (Phi) is 4.36. The lowest BCUT2D eigenvalue weighted by molar-refractivity contribution is 0.0698. The normalized spacial score (nSPS) is 16.9. The van der Waals surface area contributed by atoms with E-state index in [9.17, 15) is 9.90 Å². The van der Waals surface area contributed by atoms with Gasteiger partial charge in [-0.25, -0.2) is 0 Å². The standard InChI is InChI=1S/C13H15Cl2NO2/c14-8-9-3-5-16(6-4-9)13(18)10-1-2-12(17)11(15)7-10/h1-2,7,9,17H,3-6,8H2. The molecule has 0 saturated carbocycles. The summed E-state index contributed by atoms with van der Waals surface area (Å²) in [5.41, 5.74) is 0.516. The van der Waals surface area contributed by atoms with Gasteiger partial charge in [-0.2, -0.15) is 0 Å². The molecule has 0 atom stereocenters. The summed E-state index contributed by atoms with van der Waals surface area (Å²) in [6, 6.07) is 4.55. The van der Waals surface area contributed by atoms with Gasteiger partial charge in [-0.1, -0.05) is 11.6 Å². The first-order valence-corrected chi connectivity index (χ1v) is 6.87. The van der Waals surface area contributed by atoms with E-state index in [-0.39, 0.29) is 16.7 Å². The summed E-state index contributed by atoms with van der Waals surface area (Å²) in [5.74, 6) is 1.13. The van der Waals surface area contributed by atoms with Crippen LogP contribution in [0.3, 0.4) is 0 Å². The summed E-state index contributed by atoms with van der Waals surface area (Å²) in [6.45, 7) is 1.46. The quantitative estimate of drug-likeness (QED) is 0.849. The molecule has 3 nitrogen and oxygen atoms in total. The summed E-state index contributed by atoms with van der Waals surface area (Å²) in [7, 11) is 0. The predicted octanol–water partition coefficient (Wildman–Crippen LogP) is 3.14. The van der Waals surface area contributed by atoms with E-state index >= 15 is 0 Å². The summed E-state index contributed by atoms with van der Waals surface area (Å²) >= 11 is 11.6. The van der Waals surface area contributed by atoms with Crippen molar-refractivity contribution in [2.75, 3.05) is 19.0 Å². The Morgan fingerprint density at radius 2 is 2.06 bits per heavy atom. The zero-order chi connectivity index (χ0) is 13.1. The molecular formula is C13H15Cl2NO2. The van der Waals surface area contributed by atoms with Crippen molar-refractivity contribution in [3.63, 3.8) is 0 Å². The molecule has 0 aromatic heterocycles. The van der Waals surface area contributed by atoms with Crippen molar-refractivity contribution in [1.82, 2.24) is 4.90 Å². The molecule has 5 heteroatoms. The maximum absolute atomic E-state index is 12.2. The fraction of sp³-hybridized carbons (Fsp3) is 0.462. The smallest absolute Gasteiger partial charge is 0.253 e. The van der Waals surface area contributed by atoms with Gasteiger partial charge in [-0.05, 0) is 37.0 Å². The molecule has 1 saturated heterocycles. The zero-order valence-electron chi connectivity index (χ0n) is 9.90. The molecule has 0 radical (unpaired) electrons. The molecular weight excluding hydrogens is 273 g/mol. The Morgan fingerprint density at radius 1 is 1.39 bits per heavy atom. The Bertz CT molecular complexity index is 443. The molecule has 1 fully saturated rings. The van der Waals surface area contributed by atoms with Crippen molar-refractivity contribution in [1.29, 1.82) is 0 Å². The van der Waals surface area contributed by atoms with E-state index in [1.165, 1.54) is 12.1 Å². The summed E-state index contributed by atoms with van der Waals surface area (Å²) in [6.07, 6.45) is 1.89. The minimum atomic E-state index is -0.0371. The lowest BCUT2D eigenvalue weighted by atomic mass is 9.98. The molecule has 0 bridgehead atoms. The van der Waals surface area contributed by atoms with Crippen LogP contribution in [0.5, 0.6) is 5.75 Å². The van der Waals surface area contributed by atoms with Crippen molar-refractivity contribution in [3.05, 3.63) is 28.8 Å². The third kappa shape index (κ3) is 2.90. The fourth-order valence-corrected chi connectivity index (χ4v) is 2.60. The highest BCUT2D eigenvalue weighted by atomic mass is 35.5. The molecule has 1 N–H and O–H groups in total. The monoisotopic (exact) mass is 287 g/mol. The number of nitrogens with zero attached hydrogens (tertiary/aromatic N) is 1. The van der Waals surface area contributed by atoms with Crippen LogP contribution in [0.2, 0.25) is 5.02 Å². The predicted molar refractivity (Wildman–Crippen MR) is 72.5 cm³/mol. The number of amides is 1. The van der Waals surface area contributed by atoms with Crippen molar-refractivity contribution >= 4 is 29.1 Å². The van der Waals surface area contributed by atoms with E-state index in [1.807, 2.05) is 4.90 Å². The van der Waals surface area contributed by atoms with Crippen LogP contribution in [-0.2, 0) is 0 Å². The molecule has 1 heterocycles. The molecule has 0 spiro atoms. The highest BCUT2D eigenvalue weighted by molar-refractivity contribution is 6.32. The number of phenolic OH excluding ortho intramolecular Hbond substituents is 1. The molecule has 1 aromatic carbocycles. The third-order valence-electron chi connectivity index (χ3n) is 3.31. The fourth-order valence-electron chi connectivity index (χ4n) is 2.11. The highest BCUT2D eigenvalue weighted by Gasteiger charge is 2.23. The average molecular weight is 288 g/mol. The lowest BCUT2D eigenvalue weighted by Gasteiger charge is -2.31. The molecule has 2 rings (SSSR count). The van der Waals surface area contributed by atoms with Crippen molar-refractivity contribution in [2.24, 2.45) is 5.92 Å². The second-order valence-corrected chi connectivity index (χ2v) is 5.27. The van der Waals surface area contributed by atoms with Crippen LogP contribution >= 0.6 is 23.2 Å². The Labute approximate surface area is 116 Å². The maximum Gasteiger partial charge on any atom is 0.253 e. The van der Waals surface area contributed by atoms with Gasteiger partial charge in [0.25, 0.3) is 5.91 Å². The Morgan fingerprint density at radius 3 is 2.61 bits per heavy atom. The van der Waals surface area contributed by atoms with Crippen LogP contribution in [-0.4, -0.2) is 34.9 Å². The largest absolute Gasteiger partial charge is 0.506 e. The van der Waals surface area contributed by atoms with E-state index in [2.05, 4.69) is 0 Å². The minimum Gasteiger partial charge on any atom is -0.506 e. The second-order valence-electron chi connectivity index (χ2n) is 4.56. The van der Waals surface area contributed by atoms with E-state index in [4.69, 9.17) is 23.2 Å². The molecule has 18 heavy (non-hydrogen) atoms. The van der Waals surface area contributed by atoms with Gasteiger partial charge in [0.2, 0.25) is 0 Å². The van der Waals surface area contributed by atoms with Gasteiger partial charge in [-0.3, -0.25) is 4.79 Å². The number of carbonyl (C=O) groups is 1. The maximum atomic E-state index is 12.2. The molecule has 0 aliphatic carbocycles. The number of halogens is 2. The zero-order valence-corrected chi connectivity index (χ0v) is 11.4. The van der Waals surface area contributed by atoms with Gasteiger partial charge in [0.1, 0.15) is 5.75 Å². The van der Waals surface area contributed by atoms with Crippen LogP contribution in [0.1, 0.15) is 23.2 Å². The Balaban J connectivity index is 2.05. The molecule has 98 valence electrons. The second kappa shape index (κ2) is 5.81. The first-order chi connectivity index (χ1) is 8.61. The van der Waals surface area contributed by atoms with Crippen LogP contribution in [0.4, 0.5) is 0 Å². The number of rotatable bonds is 2. The molecule has 1 aliphatic heterocycles. The van der Waals surface area contributed by atoms with Gasteiger partial charge in [0.05, 0.1) is 5.02 Å². The number of hydrogen-bond donors (Lipinski definition) is 1. The number of hydrogen-bond acceptors (Lipinski definition) is 2. The van der Waals surface area contributed by atoms with Crippen LogP contribution in [0.15, 0.2) is 18.2 Å². The molecule has 1 aliphatic rings. The molecule has 1 aromatic rings. The number of aromatic hydroxyl groups is 1. The number of alkyl halides is 1. The van der Waals surface area contributed by atoms with Gasteiger partial charge in [0, 0.05) is 24.5 Å². The van der Waals surface area contributed by atoms with Crippen molar-refractivity contribution in [3.8, 4) is 5.75 Å². The van der Waals surface area contributed by atoms with Gasteiger partial charge >= 0.3 is 0 Å². The third-order valence-corrected chi connectivity index (χ3v) is 4.05. The van der Waals surface area contributed by atoms with E-state index < -0.39 is 0 Å². The van der Waals surface area contributed by atoms with Gasteiger partial charge < -0.3 is 10.0 Å². The number of carbonyl (C=O) groups excluding carboxylic acids is 1. The number of likely N-dealkylation sites (tertiary alicyclic amines) is 1. The lowest BCUT2D eigenvalue weighted by Crippen LogP contribution is -2.38. The SMILES string of the molecule is O=C(c1ccc(O)c(Cl)c1)N1CCC(CCl)CC1. The average Bonchev–Trinajstić information content (AvgIpc) is 2.41. The van der Waals surface area contributed by atoms with Crippen LogP contribution in [0, 0.1) is 5.92 Å². The number of phenols is 1. The topological polar surface area (TPSA) is 40.5 Å². The van der Waals surface area contributed by atoms with E-state index in [0.29, 0.717) is 17.4 Å². The molecule has 1 amide bonds. The minimum absolute atomic E-state index is 0.00550. The Hall–Kier alpha value is -0.930. The van der Waals surface area contributed by atoms with E-state index in [0.717, 1.165) is 25.9 Å². The summed E-state index contributed by atoms with van der Waals surface area (Å²) < 4.78 is 0. The van der Waals surface area contributed by atoms with E-state index in [1.54, 1.807) is 6.07 Å². The highest BCUT2D eigenvalue weighted by Crippen LogP contribution is 2.25. The summed E-state index contributed by atoms with van der Waals surface area (Å²) in [5, 5.41) is 9.54. The number of benzene rings is 1. The summed E-state index contributed by atoms with van der Waals surface area (Å²) in [4.78, 5) is 14.0. The van der Waals surface area contributed by atoms with Crippen LogP contribution < -0.4 is 0 Å². The van der Waals surface area contributed by atoms with Gasteiger partial charge in [-0.15, -0.1) is 11.6 Å². The van der Waals surface area contributed by atoms with Gasteiger partial charge in [0.15, 0.2) is 0 Å². The van der Waals surface area contributed by atoms with Crippen molar-refractivity contribution < 1.29 is 9.90 Å². The van der Waals surface area contributed by atoms with Crippen LogP contribution in [0.25, 0.3) is 0 Å². The van der Waals surface area contributed by atoms with Crippen molar-refractivity contribution in [2.45, 2.75) is 12.8 Å². The first kappa shape index (κ1) is 13.5. The molecule has 0 unspecified atom stereocenters.